The summed E-state index contributed by atoms with van der Waals surface area (Å²) >= 11 is 0. The third-order valence-corrected chi connectivity index (χ3v) is 6.18. The molecule has 0 spiro atoms. The Hall–Kier alpha value is -2.63. The lowest BCUT2D eigenvalue weighted by molar-refractivity contribution is 0.170. The highest BCUT2D eigenvalue weighted by molar-refractivity contribution is 5.32. The first-order chi connectivity index (χ1) is 15.1. The van der Waals surface area contributed by atoms with E-state index in [2.05, 4.69) is 28.2 Å². The number of benzene rings is 2. The fourth-order valence-corrected chi connectivity index (χ4v) is 4.42. The van der Waals surface area contributed by atoms with Crippen LogP contribution in [0, 0.1) is 11.6 Å². The predicted octanol–water partition coefficient (Wildman–Crippen LogP) is 4.68. The maximum Gasteiger partial charge on any atom is 0.123 e. The van der Waals surface area contributed by atoms with E-state index in [0.29, 0.717) is 0 Å². The van der Waals surface area contributed by atoms with Gasteiger partial charge < -0.3 is 5.32 Å². The number of aromatic nitrogens is 1. The molecule has 1 atom stereocenters. The number of hydrogen-bond donors (Lipinski definition) is 1. The normalized spacial score (nSPS) is 16.3. The number of nitrogens with zero attached hydrogens (tertiary/aromatic N) is 2. The standard InChI is InChI=1S/C26H29F2N3/c1-2-20-16-29-10-9-21(20)17-30-11-12-31-18-22-5-8-25(28)14-23(22)15-26(31)13-19-3-6-24(27)7-4-19/h3-10,14,16,26,30H,2,11-13,15,17-18H2,1H3. The van der Waals surface area contributed by atoms with Gasteiger partial charge in [0.2, 0.25) is 0 Å². The van der Waals surface area contributed by atoms with Gasteiger partial charge in [-0.15, -0.1) is 0 Å². The molecule has 3 nitrogen and oxygen atoms in total. The number of fused-ring (bicyclic) bond motifs is 1. The summed E-state index contributed by atoms with van der Waals surface area (Å²) in [6, 6.07) is 14.2. The minimum atomic E-state index is -0.219. The van der Waals surface area contributed by atoms with E-state index in [1.807, 2.05) is 30.6 Å². The Labute approximate surface area is 183 Å². The molecule has 1 aromatic heterocycles. The Kier molecular flexibility index (Phi) is 7.05. The zero-order valence-electron chi connectivity index (χ0n) is 18.0. The average molecular weight is 422 g/mol. The third kappa shape index (κ3) is 5.54. The lowest BCUT2D eigenvalue weighted by Crippen LogP contribution is -2.44. The van der Waals surface area contributed by atoms with Crippen molar-refractivity contribution >= 4 is 0 Å². The fourth-order valence-electron chi connectivity index (χ4n) is 4.42. The smallest absolute Gasteiger partial charge is 0.123 e. The molecule has 0 bridgehead atoms. The molecule has 31 heavy (non-hydrogen) atoms. The van der Waals surface area contributed by atoms with Crippen LogP contribution < -0.4 is 5.32 Å². The number of nitrogens with one attached hydrogen (secondary N) is 1. The summed E-state index contributed by atoms with van der Waals surface area (Å²) in [7, 11) is 0. The predicted molar refractivity (Wildman–Crippen MR) is 120 cm³/mol. The molecule has 0 aliphatic carbocycles. The van der Waals surface area contributed by atoms with Crippen molar-refractivity contribution in [2.45, 2.75) is 45.3 Å². The van der Waals surface area contributed by atoms with Crippen molar-refractivity contribution in [1.82, 2.24) is 15.2 Å². The molecular formula is C26H29F2N3. The van der Waals surface area contributed by atoms with E-state index >= 15 is 0 Å². The molecule has 0 radical (unpaired) electrons. The van der Waals surface area contributed by atoms with Gasteiger partial charge in [-0.1, -0.05) is 25.1 Å². The van der Waals surface area contributed by atoms with E-state index in [-0.39, 0.29) is 17.7 Å². The van der Waals surface area contributed by atoms with Gasteiger partial charge in [0.25, 0.3) is 0 Å². The molecule has 0 amide bonds. The van der Waals surface area contributed by atoms with Crippen molar-refractivity contribution in [3.8, 4) is 0 Å². The highest BCUT2D eigenvalue weighted by Crippen LogP contribution is 2.26. The van der Waals surface area contributed by atoms with E-state index in [1.54, 1.807) is 12.1 Å². The molecule has 162 valence electrons. The Morgan fingerprint density at radius 1 is 1.00 bits per heavy atom. The molecule has 1 aliphatic rings. The van der Waals surface area contributed by atoms with Crippen LogP contribution in [0.15, 0.2) is 60.9 Å². The van der Waals surface area contributed by atoms with Gasteiger partial charge in [0, 0.05) is 44.6 Å². The number of halogens is 2. The van der Waals surface area contributed by atoms with Crippen LogP contribution in [0.5, 0.6) is 0 Å². The lowest BCUT2D eigenvalue weighted by atomic mass is 9.90. The van der Waals surface area contributed by atoms with Crippen molar-refractivity contribution in [2.24, 2.45) is 0 Å². The monoisotopic (exact) mass is 421 g/mol. The van der Waals surface area contributed by atoms with Crippen LogP contribution in [0.4, 0.5) is 8.78 Å². The van der Waals surface area contributed by atoms with Crippen molar-refractivity contribution in [2.75, 3.05) is 13.1 Å². The second kappa shape index (κ2) is 10.1. The van der Waals surface area contributed by atoms with Crippen molar-refractivity contribution < 1.29 is 8.78 Å². The third-order valence-electron chi connectivity index (χ3n) is 6.18. The van der Waals surface area contributed by atoms with Crippen molar-refractivity contribution in [3.05, 3.63) is 100 Å². The Balaban J connectivity index is 1.42. The lowest BCUT2D eigenvalue weighted by Gasteiger charge is -2.37. The summed E-state index contributed by atoms with van der Waals surface area (Å²) in [5.74, 6) is -0.401. The van der Waals surface area contributed by atoms with E-state index in [9.17, 15) is 8.78 Å². The zero-order valence-corrected chi connectivity index (χ0v) is 18.0. The van der Waals surface area contributed by atoms with Crippen LogP contribution >= 0.6 is 0 Å². The van der Waals surface area contributed by atoms with E-state index in [1.165, 1.54) is 28.8 Å². The SMILES string of the molecule is CCc1cnccc1CNCCN1Cc2ccc(F)cc2CC1Cc1ccc(F)cc1. The zero-order chi connectivity index (χ0) is 21.6. The Morgan fingerprint density at radius 3 is 2.61 bits per heavy atom. The molecule has 0 fully saturated rings. The van der Waals surface area contributed by atoms with Gasteiger partial charge in [-0.3, -0.25) is 9.88 Å². The summed E-state index contributed by atoms with van der Waals surface area (Å²) in [4.78, 5) is 6.68. The molecule has 1 aliphatic heterocycles. The number of aryl methyl sites for hydroxylation is 1. The van der Waals surface area contributed by atoms with Gasteiger partial charge in [-0.25, -0.2) is 8.78 Å². The molecule has 0 saturated carbocycles. The Bertz CT molecular complexity index is 1000. The quantitative estimate of drug-likeness (QED) is 0.535. The second-order valence-electron chi connectivity index (χ2n) is 8.25. The van der Waals surface area contributed by atoms with Gasteiger partial charge in [0.15, 0.2) is 0 Å². The molecule has 4 rings (SSSR count). The minimum absolute atomic E-state index is 0.182. The first-order valence-corrected chi connectivity index (χ1v) is 11.0. The summed E-state index contributed by atoms with van der Waals surface area (Å²) < 4.78 is 27.1. The first-order valence-electron chi connectivity index (χ1n) is 11.0. The average Bonchev–Trinajstić information content (AvgIpc) is 2.78. The van der Waals surface area contributed by atoms with Crippen LogP contribution in [0.25, 0.3) is 0 Å². The largest absolute Gasteiger partial charge is 0.311 e. The van der Waals surface area contributed by atoms with E-state index < -0.39 is 0 Å². The van der Waals surface area contributed by atoms with Crippen LogP contribution in [-0.4, -0.2) is 29.0 Å². The highest BCUT2D eigenvalue weighted by atomic mass is 19.1. The molecule has 3 aromatic rings. The van der Waals surface area contributed by atoms with Gasteiger partial charge in [-0.2, -0.15) is 0 Å². The topological polar surface area (TPSA) is 28.2 Å². The van der Waals surface area contributed by atoms with Gasteiger partial charge in [0.05, 0.1) is 0 Å². The van der Waals surface area contributed by atoms with Crippen LogP contribution in [-0.2, 0) is 32.4 Å². The van der Waals surface area contributed by atoms with Gasteiger partial charge in [0.1, 0.15) is 11.6 Å². The summed E-state index contributed by atoms with van der Waals surface area (Å²) in [6.07, 6.45) is 6.38. The van der Waals surface area contributed by atoms with Crippen LogP contribution in [0.2, 0.25) is 0 Å². The summed E-state index contributed by atoms with van der Waals surface area (Å²) in [5.41, 5.74) is 5.95. The van der Waals surface area contributed by atoms with Crippen LogP contribution in [0.1, 0.15) is 34.7 Å². The molecular weight excluding hydrogens is 392 g/mol. The first kappa shape index (κ1) is 21.6. The number of hydrogen-bond acceptors (Lipinski definition) is 3. The second-order valence-corrected chi connectivity index (χ2v) is 8.25. The molecule has 2 heterocycles. The number of rotatable bonds is 8. The number of pyridine rings is 1. The Morgan fingerprint density at radius 2 is 1.81 bits per heavy atom. The summed E-state index contributed by atoms with van der Waals surface area (Å²) in [6.45, 7) is 5.54. The molecule has 2 aromatic carbocycles. The maximum absolute atomic E-state index is 13.8. The molecule has 1 N–H and O–H groups in total. The van der Waals surface area contributed by atoms with Gasteiger partial charge >= 0.3 is 0 Å². The molecule has 0 saturated heterocycles. The summed E-state index contributed by atoms with van der Waals surface area (Å²) in [5, 5.41) is 3.57. The minimum Gasteiger partial charge on any atom is -0.311 e. The van der Waals surface area contributed by atoms with E-state index in [4.69, 9.17) is 0 Å². The van der Waals surface area contributed by atoms with Gasteiger partial charge in [-0.05, 0) is 77.4 Å². The molecule has 5 heteroatoms. The fraction of sp³-hybridized carbons (Fsp3) is 0.346. The van der Waals surface area contributed by atoms with Crippen molar-refractivity contribution in [1.29, 1.82) is 0 Å². The van der Waals surface area contributed by atoms with E-state index in [0.717, 1.165) is 56.6 Å². The highest BCUT2D eigenvalue weighted by Gasteiger charge is 2.26. The van der Waals surface area contributed by atoms with Crippen molar-refractivity contribution in [3.63, 3.8) is 0 Å². The maximum atomic E-state index is 13.8. The van der Waals surface area contributed by atoms with Crippen LogP contribution in [0.3, 0.4) is 0 Å². The molecule has 1 unspecified atom stereocenters.